The summed E-state index contributed by atoms with van der Waals surface area (Å²) in [6.45, 7) is 6.90. The van der Waals surface area contributed by atoms with Crippen molar-refractivity contribution < 1.29 is 9.59 Å². The molecule has 28 heavy (non-hydrogen) atoms. The van der Waals surface area contributed by atoms with Gasteiger partial charge in [0.15, 0.2) is 0 Å². The fourth-order valence-electron chi connectivity index (χ4n) is 3.31. The number of piperazine rings is 1. The van der Waals surface area contributed by atoms with Crippen LogP contribution >= 0.6 is 12.4 Å². The molecule has 3 rings (SSSR count). The van der Waals surface area contributed by atoms with Crippen LogP contribution in [0.1, 0.15) is 21.5 Å². The number of benzene rings is 2. The highest BCUT2D eigenvalue weighted by molar-refractivity contribution is 5.95. The molecule has 0 aliphatic carbocycles. The predicted molar refractivity (Wildman–Crippen MR) is 115 cm³/mol. The van der Waals surface area contributed by atoms with Gasteiger partial charge < -0.3 is 16.0 Å². The summed E-state index contributed by atoms with van der Waals surface area (Å²) in [4.78, 5) is 28.9. The fraction of sp³-hybridized carbons (Fsp3) is 0.333. The highest BCUT2D eigenvalue weighted by Gasteiger charge is 2.23. The Balaban J connectivity index is 0.00000280. The van der Waals surface area contributed by atoms with E-state index in [-0.39, 0.29) is 24.2 Å². The van der Waals surface area contributed by atoms with Gasteiger partial charge in [-0.25, -0.2) is 0 Å². The monoisotopic (exact) mass is 402 g/mol. The lowest BCUT2D eigenvalue weighted by Crippen LogP contribution is -2.50. The van der Waals surface area contributed by atoms with Crippen molar-refractivity contribution in [2.45, 2.75) is 13.8 Å². The number of nitrogen functional groups attached to an aromatic ring is 1. The number of nitrogens with one attached hydrogen (secondary N) is 1. The first-order valence-corrected chi connectivity index (χ1v) is 9.17. The number of hydrogen-bond acceptors (Lipinski definition) is 4. The van der Waals surface area contributed by atoms with Crippen molar-refractivity contribution in [2.75, 3.05) is 43.8 Å². The van der Waals surface area contributed by atoms with Crippen LogP contribution in [0.3, 0.4) is 0 Å². The van der Waals surface area contributed by atoms with E-state index in [4.69, 9.17) is 5.73 Å². The minimum absolute atomic E-state index is 0. The molecule has 0 unspecified atom stereocenters. The van der Waals surface area contributed by atoms with E-state index in [1.54, 1.807) is 24.3 Å². The van der Waals surface area contributed by atoms with Gasteiger partial charge in [-0.2, -0.15) is 0 Å². The quantitative estimate of drug-likeness (QED) is 0.771. The lowest BCUT2D eigenvalue weighted by atomic mass is 10.1. The number of carbonyl (C=O) groups is 2. The topological polar surface area (TPSA) is 78.7 Å². The van der Waals surface area contributed by atoms with Crippen molar-refractivity contribution in [2.24, 2.45) is 0 Å². The summed E-state index contributed by atoms with van der Waals surface area (Å²) in [6.07, 6.45) is 0. The van der Waals surface area contributed by atoms with Gasteiger partial charge in [-0.05, 0) is 49.2 Å². The molecule has 1 aliphatic heterocycles. The van der Waals surface area contributed by atoms with Crippen LogP contribution in [0.5, 0.6) is 0 Å². The van der Waals surface area contributed by atoms with E-state index in [2.05, 4.69) is 10.2 Å². The third-order valence-electron chi connectivity index (χ3n) is 4.93. The second kappa shape index (κ2) is 9.57. The van der Waals surface area contributed by atoms with E-state index in [0.29, 0.717) is 44.0 Å². The maximum Gasteiger partial charge on any atom is 0.253 e. The van der Waals surface area contributed by atoms with Crippen LogP contribution in [0.25, 0.3) is 0 Å². The molecule has 3 N–H and O–H groups in total. The molecular formula is C21H27ClN4O2. The largest absolute Gasteiger partial charge is 0.399 e. The zero-order valence-electron chi connectivity index (χ0n) is 16.3. The molecule has 0 aromatic heterocycles. The summed E-state index contributed by atoms with van der Waals surface area (Å²) < 4.78 is 0. The average molecular weight is 403 g/mol. The van der Waals surface area contributed by atoms with Crippen LogP contribution in [0, 0.1) is 13.8 Å². The van der Waals surface area contributed by atoms with E-state index < -0.39 is 0 Å². The highest BCUT2D eigenvalue weighted by Crippen LogP contribution is 2.19. The van der Waals surface area contributed by atoms with Gasteiger partial charge in [0.25, 0.3) is 5.91 Å². The molecule has 0 atom stereocenters. The van der Waals surface area contributed by atoms with Gasteiger partial charge in [-0.3, -0.25) is 14.5 Å². The second-order valence-electron chi connectivity index (χ2n) is 7.01. The Hall–Kier alpha value is -2.57. The summed E-state index contributed by atoms with van der Waals surface area (Å²) in [5.41, 5.74) is 9.97. The molecule has 1 saturated heterocycles. The van der Waals surface area contributed by atoms with E-state index in [0.717, 1.165) is 16.8 Å². The van der Waals surface area contributed by atoms with Crippen LogP contribution in [0.2, 0.25) is 0 Å². The minimum Gasteiger partial charge on any atom is -0.399 e. The Morgan fingerprint density at radius 2 is 1.54 bits per heavy atom. The van der Waals surface area contributed by atoms with Crippen LogP contribution in [0.4, 0.5) is 11.4 Å². The SMILES string of the molecule is Cc1cccc(C)c1NC(=O)CN1CCN(C(=O)c2ccc(N)cc2)CC1.Cl. The molecule has 0 spiro atoms. The standard InChI is InChI=1S/C21H26N4O2.ClH/c1-15-4-3-5-16(2)20(15)23-19(26)14-24-10-12-25(13-11-24)21(27)17-6-8-18(22)9-7-17;/h3-9H,10-14,22H2,1-2H3,(H,23,26);1H. The van der Waals surface area contributed by atoms with Crippen molar-refractivity contribution in [3.05, 3.63) is 59.2 Å². The molecule has 0 bridgehead atoms. The number of aryl methyl sites for hydroxylation is 2. The highest BCUT2D eigenvalue weighted by atomic mass is 35.5. The summed E-state index contributed by atoms with van der Waals surface area (Å²) in [7, 11) is 0. The van der Waals surface area contributed by atoms with E-state index in [9.17, 15) is 9.59 Å². The van der Waals surface area contributed by atoms with Crippen molar-refractivity contribution in [3.63, 3.8) is 0 Å². The van der Waals surface area contributed by atoms with Crippen molar-refractivity contribution >= 4 is 35.6 Å². The van der Waals surface area contributed by atoms with Gasteiger partial charge in [0, 0.05) is 43.1 Å². The fourth-order valence-corrected chi connectivity index (χ4v) is 3.31. The first kappa shape index (κ1) is 21.7. The van der Waals surface area contributed by atoms with Crippen molar-refractivity contribution in [1.29, 1.82) is 0 Å². The smallest absolute Gasteiger partial charge is 0.253 e. The molecule has 1 heterocycles. The van der Waals surface area contributed by atoms with Gasteiger partial charge in [-0.15, -0.1) is 12.4 Å². The van der Waals surface area contributed by atoms with Gasteiger partial charge in [-0.1, -0.05) is 18.2 Å². The molecule has 6 nitrogen and oxygen atoms in total. The number of carbonyl (C=O) groups excluding carboxylic acids is 2. The average Bonchev–Trinajstić information content (AvgIpc) is 2.65. The Morgan fingerprint density at radius 1 is 0.964 bits per heavy atom. The zero-order chi connectivity index (χ0) is 19.4. The maximum atomic E-state index is 12.5. The van der Waals surface area contributed by atoms with Crippen LogP contribution in [0.15, 0.2) is 42.5 Å². The lowest BCUT2D eigenvalue weighted by molar-refractivity contribution is -0.117. The first-order chi connectivity index (χ1) is 12.9. The van der Waals surface area contributed by atoms with Gasteiger partial charge in [0.2, 0.25) is 5.91 Å². The Labute approximate surface area is 172 Å². The van der Waals surface area contributed by atoms with E-state index in [1.807, 2.05) is 36.9 Å². The lowest BCUT2D eigenvalue weighted by Gasteiger charge is -2.34. The van der Waals surface area contributed by atoms with Gasteiger partial charge >= 0.3 is 0 Å². The second-order valence-corrected chi connectivity index (χ2v) is 7.01. The van der Waals surface area contributed by atoms with E-state index in [1.165, 1.54) is 0 Å². The predicted octanol–water partition coefficient (Wildman–Crippen LogP) is 2.70. The van der Waals surface area contributed by atoms with Gasteiger partial charge in [0.05, 0.1) is 6.54 Å². The number of hydrogen-bond donors (Lipinski definition) is 2. The van der Waals surface area contributed by atoms with Gasteiger partial charge in [0.1, 0.15) is 0 Å². The van der Waals surface area contributed by atoms with Crippen LogP contribution in [-0.2, 0) is 4.79 Å². The molecule has 0 radical (unpaired) electrons. The number of para-hydroxylation sites is 1. The summed E-state index contributed by atoms with van der Waals surface area (Å²) in [5.74, 6) is -0.0136. The number of halogens is 1. The van der Waals surface area contributed by atoms with Crippen LogP contribution < -0.4 is 11.1 Å². The molecule has 1 fully saturated rings. The number of anilines is 2. The molecular weight excluding hydrogens is 376 g/mol. The third-order valence-corrected chi connectivity index (χ3v) is 4.93. The number of nitrogens with zero attached hydrogens (tertiary/aromatic N) is 2. The zero-order valence-corrected chi connectivity index (χ0v) is 17.1. The molecule has 150 valence electrons. The summed E-state index contributed by atoms with van der Waals surface area (Å²) >= 11 is 0. The molecule has 2 aromatic carbocycles. The third kappa shape index (κ3) is 5.24. The maximum absolute atomic E-state index is 12.5. The molecule has 2 aromatic rings. The normalized spacial score (nSPS) is 14.3. The minimum atomic E-state index is -0.0225. The number of rotatable bonds is 4. The van der Waals surface area contributed by atoms with Crippen molar-refractivity contribution in [1.82, 2.24) is 9.80 Å². The molecule has 7 heteroatoms. The number of nitrogens with two attached hydrogens (primary N) is 1. The first-order valence-electron chi connectivity index (χ1n) is 9.17. The van der Waals surface area contributed by atoms with E-state index >= 15 is 0 Å². The molecule has 2 amide bonds. The Bertz CT molecular complexity index is 811. The molecule has 1 aliphatic rings. The van der Waals surface area contributed by atoms with Crippen LogP contribution in [-0.4, -0.2) is 54.3 Å². The summed E-state index contributed by atoms with van der Waals surface area (Å²) in [6, 6.07) is 12.9. The Morgan fingerprint density at radius 3 is 2.11 bits per heavy atom. The summed E-state index contributed by atoms with van der Waals surface area (Å²) in [5, 5.41) is 3.02. The number of amides is 2. The molecule has 0 saturated carbocycles. The van der Waals surface area contributed by atoms with Crippen molar-refractivity contribution in [3.8, 4) is 0 Å². The Kier molecular flexibility index (Phi) is 7.43.